The molecule has 0 aromatic carbocycles. The van der Waals surface area contributed by atoms with Crippen molar-refractivity contribution in [2.75, 3.05) is 13.2 Å². The van der Waals surface area contributed by atoms with Crippen molar-refractivity contribution in [3.8, 4) is 0 Å². The molecule has 0 saturated carbocycles. The van der Waals surface area contributed by atoms with Crippen molar-refractivity contribution >= 4 is 17.2 Å². The Kier molecular flexibility index (Phi) is 2.61. The van der Waals surface area contributed by atoms with Gasteiger partial charge in [-0.15, -0.1) is 11.3 Å². The molecule has 13 heavy (non-hydrogen) atoms. The molecule has 0 bridgehead atoms. The summed E-state index contributed by atoms with van der Waals surface area (Å²) < 4.78 is 4.98. The lowest BCUT2D eigenvalue weighted by molar-refractivity contribution is -0.120. The van der Waals surface area contributed by atoms with Crippen molar-refractivity contribution in [1.82, 2.24) is 5.32 Å². The zero-order valence-corrected chi connectivity index (χ0v) is 7.97. The number of hydrogen-bond donors (Lipinski definition) is 1. The van der Waals surface area contributed by atoms with Crippen LogP contribution in [0.2, 0.25) is 0 Å². The van der Waals surface area contributed by atoms with Gasteiger partial charge in [0.15, 0.2) is 0 Å². The van der Waals surface area contributed by atoms with Crippen LogP contribution in [0.25, 0.3) is 0 Å². The van der Waals surface area contributed by atoms with Crippen LogP contribution in [0.3, 0.4) is 0 Å². The number of rotatable bonds is 4. The van der Waals surface area contributed by atoms with Crippen molar-refractivity contribution in [3.63, 3.8) is 0 Å². The smallest absolute Gasteiger partial charge is 0.225 e. The van der Waals surface area contributed by atoms with Gasteiger partial charge < -0.3 is 10.1 Å². The van der Waals surface area contributed by atoms with E-state index < -0.39 is 0 Å². The van der Waals surface area contributed by atoms with Crippen LogP contribution < -0.4 is 5.32 Å². The third-order valence-corrected chi connectivity index (χ3v) is 2.72. The molecule has 1 amide bonds. The first kappa shape index (κ1) is 8.72. The largest absolute Gasteiger partial charge is 0.371 e. The van der Waals surface area contributed by atoms with E-state index in [9.17, 15) is 4.79 Å². The number of carbonyl (C=O) groups is 1. The molecule has 3 nitrogen and oxygen atoms in total. The maximum absolute atomic E-state index is 11.3. The fraction of sp³-hybridized carbons (Fsp3) is 0.444. The normalized spacial score (nSPS) is 19.8. The Morgan fingerprint density at radius 3 is 3.23 bits per heavy atom. The standard InChI is InChI=1S/C9H11NO2S/c11-9(10-5-7-6-12-7)4-8-2-1-3-13-8/h1-3,7H,4-6H2,(H,10,11)/t7-/m0/s1. The number of epoxide rings is 1. The number of thiophene rings is 1. The van der Waals surface area contributed by atoms with Crippen LogP contribution in [0.15, 0.2) is 17.5 Å². The molecule has 1 saturated heterocycles. The SMILES string of the molecule is O=C(Cc1cccs1)NC[C@H]1CO1. The van der Waals surface area contributed by atoms with Gasteiger partial charge in [0.2, 0.25) is 5.91 Å². The zero-order valence-electron chi connectivity index (χ0n) is 7.16. The fourth-order valence-electron chi connectivity index (χ4n) is 1.05. The van der Waals surface area contributed by atoms with Gasteiger partial charge in [-0.05, 0) is 11.4 Å². The van der Waals surface area contributed by atoms with E-state index in [1.807, 2.05) is 17.5 Å². The van der Waals surface area contributed by atoms with Gasteiger partial charge in [-0.25, -0.2) is 0 Å². The lowest BCUT2D eigenvalue weighted by Crippen LogP contribution is -2.28. The molecule has 2 rings (SSSR count). The molecular formula is C9H11NO2S. The minimum atomic E-state index is 0.0814. The fourth-order valence-corrected chi connectivity index (χ4v) is 1.75. The summed E-state index contributed by atoms with van der Waals surface area (Å²) in [6, 6.07) is 3.93. The predicted octanol–water partition coefficient (Wildman–Crippen LogP) is 0.806. The second-order valence-electron chi connectivity index (χ2n) is 3.02. The Labute approximate surface area is 80.7 Å². The number of nitrogens with one attached hydrogen (secondary N) is 1. The molecule has 1 fully saturated rings. The average Bonchev–Trinajstić information content (AvgIpc) is 2.82. The lowest BCUT2D eigenvalue weighted by atomic mass is 10.3. The first-order valence-electron chi connectivity index (χ1n) is 4.25. The molecule has 0 radical (unpaired) electrons. The average molecular weight is 197 g/mol. The van der Waals surface area contributed by atoms with Gasteiger partial charge in [0.25, 0.3) is 0 Å². The molecule has 1 atom stereocenters. The summed E-state index contributed by atoms with van der Waals surface area (Å²) in [4.78, 5) is 12.4. The molecular weight excluding hydrogens is 186 g/mol. The van der Waals surface area contributed by atoms with Crippen LogP contribution in [0.4, 0.5) is 0 Å². The maximum atomic E-state index is 11.3. The molecule has 1 aliphatic heterocycles. The van der Waals surface area contributed by atoms with Gasteiger partial charge in [0.1, 0.15) is 0 Å². The van der Waals surface area contributed by atoms with Gasteiger partial charge in [-0.3, -0.25) is 4.79 Å². The van der Waals surface area contributed by atoms with Crippen molar-refractivity contribution in [2.45, 2.75) is 12.5 Å². The topological polar surface area (TPSA) is 41.6 Å². The molecule has 1 aromatic rings. The van der Waals surface area contributed by atoms with E-state index in [-0.39, 0.29) is 12.0 Å². The third-order valence-electron chi connectivity index (χ3n) is 1.84. The van der Waals surface area contributed by atoms with Crippen molar-refractivity contribution < 1.29 is 9.53 Å². The third kappa shape index (κ3) is 2.82. The number of amides is 1. The molecule has 1 N–H and O–H groups in total. The van der Waals surface area contributed by atoms with Gasteiger partial charge in [0.05, 0.1) is 19.1 Å². The minimum absolute atomic E-state index is 0.0814. The molecule has 70 valence electrons. The van der Waals surface area contributed by atoms with Crippen molar-refractivity contribution in [3.05, 3.63) is 22.4 Å². The predicted molar refractivity (Wildman–Crippen MR) is 50.8 cm³/mol. The van der Waals surface area contributed by atoms with E-state index >= 15 is 0 Å². The van der Waals surface area contributed by atoms with Crippen LogP contribution in [-0.2, 0) is 16.0 Å². The van der Waals surface area contributed by atoms with Crippen LogP contribution in [-0.4, -0.2) is 25.2 Å². The monoisotopic (exact) mass is 197 g/mol. The Morgan fingerprint density at radius 2 is 2.62 bits per heavy atom. The number of hydrogen-bond acceptors (Lipinski definition) is 3. The van der Waals surface area contributed by atoms with Gasteiger partial charge in [-0.2, -0.15) is 0 Å². The molecule has 0 aliphatic carbocycles. The van der Waals surface area contributed by atoms with E-state index in [4.69, 9.17) is 4.74 Å². The zero-order chi connectivity index (χ0) is 9.10. The summed E-state index contributed by atoms with van der Waals surface area (Å²) in [6.07, 6.45) is 0.761. The van der Waals surface area contributed by atoms with E-state index in [0.717, 1.165) is 11.5 Å². The first-order chi connectivity index (χ1) is 6.34. The van der Waals surface area contributed by atoms with E-state index in [0.29, 0.717) is 13.0 Å². The summed E-state index contributed by atoms with van der Waals surface area (Å²) in [5, 5.41) is 4.80. The summed E-state index contributed by atoms with van der Waals surface area (Å²) in [6.45, 7) is 1.45. The number of carbonyl (C=O) groups excluding carboxylic acids is 1. The highest BCUT2D eigenvalue weighted by Crippen LogP contribution is 2.09. The van der Waals surface area contributed by atoms with Gasteiger partial charge >= 0.3 is 0 Å². The highest BCUT2D eigenvalue weighted by Gasteiger charge is 2.22. The quantitative estimate of drug-likeness (QED) is 0.726. The van der Waals surface area contributed by atoms with E-state index in [2.05, 4.69) is 5.32 Å². The van der Waals surface area contributed by atoms with Crippen molar-refractivity contribution in [1.29, 1.82) is 0 Å². The van der Waals surface area contributed by atoms with E-state index in [1.165, 1.54) is 0 Å². The Balaban J connectivity index is 1.71. The lowest BCUT2D eigenvalue weighted by Gasteiger charge is -2.00. The minimum Gasteiger partial charge on any atom is -0.371 e. The second kappa shape index (κ2) is 3.89. The molecule has 1 aromatic heterocycles. The Bertz CT molecular complexity index is 280. The Hall–Kier alpha value is -0.870. The first-order valence-corrected chi connectivity index (χ1v) is 5.13. The highest BCUT2D eigenvalue weighted by molar-refractivity contribution is 7.10. The maximum Gasteiger partial charge on any atom is 0.225 e. The van der Waals surface area contributed by atoms with Crippen molar-refractivity contribution in [2.24, 2.45) is 0 Å². The van der Waals surface area contributed by atoms with Crippen LogP contribution in [0.1, 0.15) is 4.88 Å². The van der Waals surface area contributed by atoms with Gasteiger partial charge in [-0.1, -0.05) is 6.07 Å². The molecule has 4 heteroatoms. The molecule has 2 heterocycles. The van der Waals surface area contributed by atoms with Crippen LogP contribution >= 0.6 is 11.3 Å². The summed E-state index contributed by atoms with van der Waals surface area (Å²) in [5.74, 6) is 0.0814. The van der Waals surface area contributed by atoms with E-state index in [1.54, 1.807) is 11.3 Å². The number of ether oxygens (including phenoxy) is 1. The summed E-state index contributed by atoms with van der Waals surface area (Å²) >= 11 is 1.61. The molecule has 0 spiro atoms. The summed E-state index contributed by atoms with van der Waals surface area (Å²) in [7, 11) is 0. The van der Waals surface area contributed by atoms with Crippen LogP contribution in [0.5, 0.6) is 0 Å². The van der Waals surface area contributed by atoms with Gasteiger partial charge in [0, 0.05) is 11.4 Å². The van der Waals surface area contributed by atoms with Crippen LogP contribution in [0, 0.1) is 0 Å². The molecule has 1 aliphatic rings. The highest BCUT2D eigenvalue weighted by atomic mass is 32.1. The molecule has 0 unspecified atom stereocenters. The summed E-state index contributed by atoms with van der Waals surface area (Å²) in [5.41, 5.74) is 0. The Morgan fingerprint density at radius 1 is 1.77 bits per heavy atom. The second-order valence-corrected chi connectivity index (χ2v) is 4.05.